The minimum atomic E-state index is 0.894. The maximum Gasteiger partial charge on any atom is 0.160 e. The van der Waals surface area contributed by atoms with E-state index in [1.54, 1.807) is 0 Å². The lowest BCUT2D eigenvalue weighted by Gasteiger charge is -2.28. The molecule has 11 rings (SSSR count). The molecule has 51 heavy (non-hydrogen) atoms. The summed E-state index contributed by atoms with van der Waals surface area (Å²) >= 11 is 1.85. The number of furan rings is 1. The van der Waals surface area contributed by atoms with Crippen LogP contribution in [0.3, 0.4) is 0 Å². The molecule has 3 heteroatoms. The second-order valence-electron chi connectivity index (χ2n) is 13.2. The highest BCUT2D eigenvalue weighted by molar-refractivity contribution is 7.26. The molecule has 0 atom stereocenters. The van der Waals surface area contributed by atoms with E-state index in [-0.39, 0.29) is 0 Å². The summed E-state index contributed by atoms with van der Waals surface area (Å²) in [7, 11) is 0. The van der Waals surface area contributed by atoms with Crippen molar-refractivity contribution >= 4 is 103 Å². The molecular weight excluding hydrogens is 639 g/mol. The number of benzene rings is 9. The third kappa shape index (κ3) is 4.29. The Bertz CT molecular complexity index is 3140. The van der Waals surface area contributed by atoms with Crippen molar-refractivity contribution in [3.8, 4) is 11.1 Å². The van der Waals surface area contributed by atoms with E-state index in [1.807, 2.05) is 11.3 Å². The normalized spacial score (nSPS) is 11.9. The zero-order chi connectivity index (χ0) is 33.5. The van der Waals surface area contributed by atoms with Crippen molar-refractivity contribution in [3.05, 3.63) is 176 Å². The Hall–Kier alpha value is -6.42. The number of hydrogen-bond donors (Lipinski definition) is 0. The summed E-state index contributed by atoms with van der Waals surface area (Å²) in [6.45, 7) is 0. The summed E-state index contributed by atoms with van der Waals surface area (Å²) < 4.78 is 9.45. The van der Waals surface area contributed by atoms with Crippen molar-refractivity contribution in [3.63, 3.8) is 0 Å². The molecule has 0 aliphatic rings. The molecular formula is C48H29NOS. The highest BCUT2D eigenvalue weighted by atomic mass is 32.1. The lowest BCUT2D eigenvalue weighted by atomic mass is 9.97. The van der Waals surface area contributed by atoms with E-state index >= 15 is 0 Å². The van der Waals surface area contributed by atoms with Gasteiger partial charge < -0.3 is 9.32 Å². The molecule has 0 N–H and O–H groups in total. The van der Waals surface area contributed by atoms with E-state index < -0.39 is 0 Å². The SMILES string of the molecule is c1ccc2c(-c3ccc(N(c4cc5ccccc5c5ccccc45)c4cc5c6ccccc6sc5c5c4oc4ccccc45)cc3)cccc2c1. The number of thiophene rings is 1. The molecule has 0 fully saturated rings. The Morgan fingerprint density at radius 2 is 1.08 bits per heavy atom. The predicted molar refractivity (Wildman–Crippen MR) is 219 cm³/mol. The van der Waals surface area contributed by atoms with Crippen LogP contribution in [-0.4, -0.2) is 0 Å². The Morgan fingerprint density at radius 3 is 1.92 bits per heavy atom. The van der Waals surface area contributed by atoms with Crippen LogP contribution in [-0.2, 0) is 0 Å². The van der Waals surface area contributed by atoms with Crippen molar-refractivity contribution < 1.29 is 4.42 Å². The Labute approximate surface area is 298 Å². The largest absolute Gasteiger partial charge is 0.454 e. The van der Waals surface area contributed by atoms with Gasteiger partial charge in [-0.15, -0.1) is 11.3 Å². The second kappa shape index (κ2) is 11.0. The fourth-order valence-electron chi connectivity index (χ4n) is 8.11. The van der Waals surface area contributed by atoms with Gasteiger partial charge in [-0.2, -0.15) is 0 Å². The summed E-state index contributed by atoms with van der Waals surface area (Å²) in [5, 5.41) is 12.2. The number of rotatable bonds is 4. The molecule has 0 saturated carbocycles. The first-order valence-electron chi connectivity index (χ1n) is 17.3. The van der Waals surface area contributed by atoms with Crippen molar-refractivity contribution in [2.75, 3.05) is 4.90 Å². The Balaban J connectivity index is 1.25. The van der Waals surface area contributed by atoms with E-state index in [4.69, 9.17) is 4.42 Å². The lowest BCUT2D eigenvalue weighted by molar-refractivity contribution is 0.669. The van der Waals surface area contributed by atoms with Gasteiger partial charge in [-0.1, -0.05) is 140 Å². The van der Waals surface area contributed by atoms with Crippen molar-refractivity contribution in [1.82, 2.24) is 0 Å². The van der Waals surface area contributed by atoms with Gasteiger partial charge in [0, 0.05) is 42.0 Å². The molecule has 2 heterocycles. The van der Waals surface area contributed by atoms with Crippen LogP contribution in [0, 0.1) is 0 Å². The average Bonchev–Trinajstić information content (AvgIpc) is 3.77. The smallest absolute Gasteiger partial charge is 0.160 e. The minimum absolute atomic E-state index is 0.894. The quantitative estimate of drug-likeness (QED) is 0.174. The molecule has 0 aliphatic heterocycles. The molecule has 2 nitrogen and oxygen atoms in total. The van der Waals surface area contributed by atoms with Gasteiger partial charge in [-0.05, 0) is 74.5 Å². The molecule has 0 amide bonds. The van der Waals surface area contributed by atoms with Gasteiger partial charge >= 0.3 is 0 Å². The van der Waals surface area contributed by atoms with Crippen LogP contribution >= 0.6 is 11.3 Å². The van der Waals surface area contributed by atoms with Crippen LogP contribution < -0.4 is 4.90 Å². The summed E-state index contributed by atoms with van der Waals surface area (Å²) in [6, 6.07) is 63.7. The molecule has 9 aromatic carbocycles. The van der Waals surface area contributed by atoms with Crippen LogP contribution in [0.25, 0.3) is 85.6 Å². The highest BCUT2D eigenvalue weighted by Crippen LogP contribution is 2.51. The van der Waals surface area contributed by atoms with Crippen LogP contribution in [0.15, 0.2) is 180 Å². The summed E-state index contributed by atoms with van der Waals surface area (Å²) in [5.41, 5.74) is 7.41. The van der Waals surface area contributed by atoms with Gasteiger partial charge in [0.15, 0.2) is 5.58 Å². The summed E-state index contributed by atoms with van der Waals surface area (Å²) in [6.07, 6.45) is 0. The Morgan fingerprint density at radius 1 is 0.431 bits per heavy atom. The van der Waals surface area contributed by atoms with Crippen molar-refractivity contribution in [2.24, 2.45) is 0 Å². The standard InChI is InChI=1S/C48H29NOS/c1-3-15-34-30(12-1)14-11-21-35(34)31-24-26-33(27-25-31)49(42-28-32-13-2-4-16-36(32)37-17-5-6-18-38(37)42)43-29-41-39-19-8-10-23-45(39)51-48(41)46-40-20-7-9-22-44(40)50-47(43)46/h1-29H. The fourth-order valence-corrected chi connectivity index (χ4v) is 9.35. The molecule has 0 aliphatic carbocycles. The number of anilines is 3. The number of nitrogens with zero attached hydrogens (tertiary/aromatic N) is 1. The van der Waals surface area contributed by atoms with Crippen molar-refractivity contribution in [2.45, 2.75) is 0 Å². The van der Waals surface area contributed by atoms with E-state index in [1.165, 1.54) is 69.0 Å². The maximum absolute atomic E-state index is 6.92. The van der Waals surface area contributed by atoms with Crippen LogP contribution in [0.4, 0.5) is 17.1 Å². The Kier molecular flexibility index (Phi) is 6.16. The van der Waals surface area contributed by atoms with Gasteiger partial charge in [0.25, 0.3) is 0 Å². The van der Waals surface area contributed by atoms with Gasteiger partial charge in [-0.3, -0.25) is 0 Å². The number of fused-ring (bicyclic) bond motifs is 11. The van der Waals surface area contributed by atoms with E-state index in [0.717, 1.165) is 33.6 Å². The zero-order valence-corrected chi connectivity index (χ0v) is 28.3. The molecule has 0 saturated heterocycles. The molecule has 11 aromatic rings. The van der Waals surface area contributed by atoms with Gasteiger partial charge in [0.05, 0.1) is 11.4 Å². The topological polar surface area (TPSA) is 16.4 Å². The number of hydrogen-bond acceptors (Lipinski definition) is 3. The van der Waals surface area contributed by atoms with Crippen molar-refractivity contribution in [1.29, 1.82) is 0 Å². The first-order valence-corrected chi connectivity index (χ1v) is 18.2. The van der Waals surface area contributed by atoms with Gasteiger partial charge in [0.2, 0.25) is 0 Å². The van der Waals surface area contributed by atoms with E-state index in [0.29, 0.717) is 0 Å². The fraction of sp³-hybridized carbons (Fsp3) is 0. The zero-order valence-electron chi connectivity index (χ0n) is 27.5. The summed E-state index contributed by atoms with van der Waals surface area (Å²) in [5.74, 6) is 0. The van der Waals surface area contributed by atoms with E-state index in [9.17, 15) is 0 Å². The lowest BCUT2D eigenvalue weighted by Crippen LogP contribution is -2.11. The highest BCUT2D eigenvalue weighted by Gasteiger charge is 2.25. The molecule has 2 aromatic heterocycles. The first kappa shape index (κ1) is 28.4. The molecule has 238 valence electrons. The molecule has 0 bridgehead atoms. The number of para-hydroxylation sites is 1. The van der Waals surface area contributed by atoms with Crippen LogP contribution in [0.1, 0.15) is 0 Å². The second-order valence-corrected chi connectivity index (χ2v) is 14.3. The average molecular weight is 668 g/mol. The summed E-state index contributed by atoms with van der Waals surface area (Å²) in [4.78, 5) is 2.43. The van der Waals surface area contributed by atoms with Crippen LogP contribution in [0.5, 0.6) is 0 Å². The molecule has 0 unspecified atom stereocenters. The van der Waals surface area contributed by atoms with Crippen LogP contribution in [0.2, 0.25) is 0 Å². The predicted octanol–water partition coefficient (Wildman–Crippen LogP) is 14.6. The third-order valence-electron chi connectivity index (χ3n) is 10.4. The minimum Gasteiger partial charge on any atom is -0.454 e. The third-order valence-corrected chi connectivity index (χ3v) is 11.6. The first-order chi connectivity index (χ1) is 25.3. The maximum atomic E-state index is 6.92. The van der Waals surface area contributed by atoms with E-state index in [2.05, 4.69) is 181 Å². The van der Waals surface area contributed by atoms with Gasteiger partial charge in [0.1, 0.15) is 5.58 Å². The molecule has 0 spiro atoms. The van der Waals surface area contributed by atoms with Gasteiger partial charge in [-0.25, -0.2) is 0 Å². The monoisotopic (exact) mass is 667 g/mol. The molecule has 0 radical (unpaired) electrons.